The van der Waals surface area contributed by atoms with Gasteiger partial charge in [0.15, 0.2) is 0 Å². The van der Waals surface area contributed by atoms with E-state index in [-0.39, 0.29) is 0 Å². The number of hydrogen-bond donors (Lipinski definition) is 2. The molecule has 0 radical (unpaired) electrons. The van der Waals surface area contributed by atoms with Gasteiger partial charge in [0.05, 0.1) is 0 Å². The van der Waals surface area contributed by atoms with Crippen LogP contribution in [0.1, 0.15) is 13.8 Å². The zero-order valence-electron chi connectivity index (χ0n) is 5.08. The first-order chi connectivity index (χ1) is 3.18. The maximum Gasteiger partial charge on any atom is 0.0260 e. The van der Waals surface area contributed by atoms with Crippen molar-refractivity contribution in [3.05, 3.63) is 11.4 Å². The SMILES string of the molecule is CN/C(C)=C(/C)N. The molecule has 0 aromatic rings. The molecular formula is C5H12N2. The molecule has 0 aliphatic rings. The lowest BCUT2D eigenvalue weighted by atomic mass is 10.4. The van der Waals surface area contributed by atoms with Gasteiger partial charge in [0.1, 0.15) is 0 Å². The molecule has 0 atom stereocenters. The van der Waals surface area contributed by atoms with Crippen molar-refractivity contribution in [3.8, 4) is 0 Å². The quantitative estimate of drug-likeness (QED) is 0.501. The van der Waals surface area contributed by atoms with Crippen molar-refractivity contribution in [1.82, 2.24) is 5.32 Å². The van der Waals surface area contributed by atoms with Crippen LogP contribution >= 0.6 is 0 Å². The van der Waals surface area contributed by atoms with Gasteiger partial charge >= 0.3 is 0 Å². The van der Waals surface area contributed by atoms with Crippen molar-refractivity contribution in [3.63, 3.8) is 0 Å². The summed E-state index contributed by atoms with van der Waals surface area (Å²) in [6.07, 6.45) is 0. The van der Waals surface area contributed by atoms with E-state index in [1.165, 1.54) is 0 Å². The fraction of sp³-hybridized carbons (Fsp3) is 0.600. The van der Waals surface area contributed by atoms with Crippen LogP contribution in [0.5, 0.6) is 0 Å². The number of allylic oxidation sites excluding steroid dienone is 2. The van der Waals surface area contributed by atoms with E-state index >= 15 is 0 Å². The molecule has 0 unspecified atom stereocenters. The van der Waals surface area contributed by atoms with Crippen molar-refractivity contribution in [2.24, 2.45) is 5.73 Å². The lowest BCUT2D eigenvalue weighted by molar-refractivity contribution is 0.949. The average Bonchev–Trinajstić information content (AvgIpc) is 1.65. The second kappa shape index (κ2) is 2.50. The molecule has 0 saturated heterocycles. The summed E-state index contributed by atoms with van der Waals surface area (Å²) in [5.74, 6) is 0. The summed E-state index contributed by atoms with van der Waals surface area (Å²) in [5, 5.41) is 2.92. The molecule has 0 rings (SSSR count). The fourth-order valence-electron chi connectivity index (χ4n) is 0.197. The van der Waals surface area contributed by atoms with E-state index in [0.717, 1.165) is 11.4 Å². The van der Waals surface area contributed by atoms with E-state index in [9.17, 15) is 0 Å². The van der Waals surface area contributed by atoms with Crippen molar-refractivity contribution in [2.75, 3.05) is 7.05 Å². The van der Waals surface area contributed by atoms with Gasteiger partial charge in [-0.15, -0.1) is 0 Å². The van der Waals surface area contributed by atoms with Crippen molar-refractivity contribution in [1.29, 1.82) is 0 Å². The second-order valence-corrected chi connectivity index (χ2v) is 1.56. The van der Waals surface area contributed by atoms with Crippen LogP contribution in [-0.2, 0) is 0 Å². The van der Waals surface area contributed by atoms with Gasteiger partial charge in [0.2, 0.25) is 0 Å². The molecule has 0 heterocycles. The highest BCUT2D eigenvalue weighted by molar-refractivity contribution is 5.01. The van der Waals surface area contributed by atoms with Gasteiger partial charge in [-0.25, -0.2) is 0 Å². The van der Waals surface area contributed by atoms with Crippen LogP contribution in [0.25, 0.3) is 0 Å². The Morgan fingerprint density at radius 2 is 1.86 bits per heavy atom. The summed E-state index contributed by atoms with van der Waals surface area (Å²) in [7, 11) is 1.85. The topological polar surface area (TPSA) is 38.0 Å². The largest absolute Gasteiger partial charge is 0.401 e. The summed E-state index contributed by atoms with van der Waals surface area (Å²) >= 11 is 0. The van der Waals surface area contributed by atoms with Crippen molar-refractivity contribution in [2.45, 2.75) is 13.8 Å². The predicted molar refractivity (Wildman–Crippen MR) is 31.6 cm³/mol. The Kier molecular flexibility index (Phi) is 2.27. The summed E-state index contributed by atoms with van der Waals surface area (Å²) in [5.41, 5.74) is 7.25. The smallest absolute Gasteiger partial charge is 0.0260 e. The van der Waals surface area contributed by atoms with Crippen LogP contribution in [0, 0.1) is 0 Å². The van der Waals surface area contributed by atoms with E-state index in [1.807, 2.05) is 20.9 Å². The van der Waals surface area contributed by atoms with E-state index in [1.54, 1.807) is 0 Å². The van der Waals surface area contributed by atoms with Crippen LogP contribution in [0.2, 0.25) is 0 Å². The molecule has 0 aliphatic carbocycles. The van der Waals surface area contributed by atoms with E-state index in [4.69, 9.17) is 5.73 Å². The van der Waals surface area contributed by atoms with Crippen LogP contribution in [0.4, 0.5) is 0 Å². The standard InChI is InChI=1S/C5H12N2/c1-4(6)5(2)7-3/h7H,6H2,1-3H3/b5-4-. The minimum absolute atomic E-state index is 0.850. The van der Waals surface area contributed by atoms with Crippen LogP contribution in [0.3, 0.4) is 0 Å². The van der Waals surface area contributed by atoms with Gasteiger partial charge in [-0.2, -0.15) is 0 Å². The van der Waals surface area contributed by atoms with Crippen LogP contribution in [-0.4, -0.2) is 7.05 Å². The lowest BCUT2D eigenvalue weighted by Crippen LogP contribution is -2.08. The molecule has 7 heavy (non-hydrogen) atoms. The van der Waals surface area contributed by atoms with Crippen molar-refractivity contribution < 1.29 is 0 Å². The van der Waals surface area contributed by atoms with Crippen molar-refractivity contribution >= 4 is 0 Å². The minimum Gasteiger partial charge on any atom is -0.401 e. The molecule has 42 valence electrons. The Bertz CT molecular complexity index is 80.1. The molecule has 0 saturated carbocycles. The number of nitrogens with one attached hydrogen (secondary N) is 1. The van der Waals surface area contributed by atoms with E-state index in [2.05, 4.69) is 5.32 Å². The number of nitrogens with two attached hydrogens (primary N) is 1. The molecule has 0 fully saturated rings. The third-order valence-corrected chi connectivity index (χ3v) is 0.967. The molecular weight excluding hydrogens is 88.1 g/mol. The highest BCUT2D eigenvalue weighted by atomic mass is 14.8. The number of hydrogen-bond acceptors (Lipinski definition) is 2. The summed E-state index contributed by atoms with van der Waals surface area (Å²) in [6.45, 7) is 3.81. The molecule has 0 aromatic carbocycles. The van der Waals surface area contributed by atoms with Gasteiger partial charge in [0, 0.05) is 18.4 Å². The average molecular weight is 100 g/mol. The minimum atomic E-state index is 0.850. The van der Waals surface area contributed by atoms with Crippen LogP contribution < -0.4 is 11.1 Å². The molecule has 3 N–H and O–H groups in total. The second-order valence-electron chi connectivity index (χ2n) is 1.56. The Balaban J connectivity index is 3.72. The predicted octanol–water partition coefficient (Wildman–Crippen LogP) is 0.416. The highest BCUT2D eigenvalue weighted by Crippen LogP contribution is 1.86. The first-order valence-corrected chi connectivity index (χ1v) is 2.29. The summed E-state index contributed by atoms with van der Waals surface area (Å²) < 4.78 is 0. The van der Waals surface area contributed by atoms with Gasteiger partial charge < -0.3 is 11.1 Å². The van der Waals surface area contributed by atoms with Gasteiger partial charge in [0.25, 0.3) is 0 Å². The summed E-state index contributed by atoms with van der Waals surface area (Å²) in [6, 6.07) is 0. The zero-order chi connectivity index (χ0) is 5.86. The lowest BCUT2D eigenvalue weighted by Gasteiger charge is -1.98. The van der Waals surface area contributed by atoms with Gasteiger partial charge in [-0.05, 0) is 13.8 Å². The third kappa shape index (κ3) is 2.09. The first kappa shape index (κ1) is 6.34. The monoisotopic (exact) mass is 100 g/mol. The Morgan fingerprint density at radius 1 is 1.43 bits per heavy atom. The Hall–Kier alpha value is -0.660. The van der Waals surface area contributed by atoms with Crippen LogP contribution in [0.15, 0.2) is 11.4 Å². The first-order valence-electron chi connectivity index (χ1n) is 2.29. The van der Waals surface area contributed by atoms with E-state index < -0.39 is 0 Å². The van der Waals surface area contributed by atoms with Gasteiger partial charge in [-0.1, -0.05) is 0 Å². The molecule has 0 bridgehead atoms. The van der Waals surface area contributed by atoms with E-state index in [0.29, 0.717) is 0 Å². The maximum absolute atomic E-state index is 5.36. The molecule has 0 amide bonds. The Morgan fingerprint density at radius 3 is 1.86 bits per heavy atom. The molecule has 2 heteroatoms. The third-order valence-electron chi connectivity index (χ3n) is 0.967. The van der Waals surface area contributed by atoms with Gasteiger partial charge in [-0.3, -0.25) is 0 Å². The summed E-state index contributed by atoms with van der Waals surface area (Å²) in [4.78, 5) is 0. The Labute approximate surface area is 44.4 Å². The molecule has 0 aromatic heterocycles. The normalized spacial score (nSPS) is 13.0. The molecule has 0 spiro atoms. The number of rotatable bonds is 1. The zero-order valence-corrected chi connectivity index (χ0v) is 5.08. The highest BCUT2D eigenvalue weighted by Gasteiger charge is 1.81. The molecule has 0 aliphatic heterocycles. The molecule has 2 nitrogen and oxygen atoms in total. The maximum atomic E-state index is 5.36. The fourth-order valence-corrected chi connectivity index (χ4v) is 0.197.